The van der Waals surface area contributed by atoms with Crippen LogP contribution in [0.15, 0.2) is 6.07 Å². The molecule has 1 aliphatic carbocycles. The smallest absolute Gasteiger partial charge is 0.274 e. The normalized spacial score (nSPS) is 29.2. The lowest BCUT2D eigenvalue weighted by Gasteiger charge is -2.44. The van der Waals surface area contributed by atoms with Crippen LogP contribution >= 0.6 is 0 Å². The van der Waals surface area contributed by atoms with E-state index in [0.29, 0.717) is 31.7 Å². The summed E-state index contributed by atoms with van der Waals surface area (Å²) in [5.41, 5.74) is 0.501. The molecular weight excluding hydrogens is 394 g/mol. The summed E-state index contributed by atoms with van der Waals surface area (Å²) >= 11 is 0. The first-order valence-corrected chi connectivity index (χ1v) is 11.9. The highest BCUT2D eigenvalue weighted by atomic mass is 32.2. The van der Waals surface area contributed by atoms with Crippen LogP contribution in [-0.2, 0) is 14.8 Å². The van der Waals surface area contributed by atoms with Crippen molar-refractivity contribution in [1.29, 1.82) is 0 Å². The Labute approximate surface area is 171 Å². The number of fused-ring (bicyclic) bond motifs is 2. The lowest BCUT2D eigenvalue weighted by Crippen LogP contribution is -2.49. The largest absolute Gasteiger partial charge is 0.359 e. The van der Waals surface area contributed by atoms with Crippen molar-refractivity contribution in [3.63, 3.8) is 0 Å². The van der Waals surface area contributed by atoms with Crippen LogP contribution in [0.3, 0.4) is 0 Å². The molecule has 2 amide bonds. The van der Waals surface area contributed by atoms with Crippen LogP contribution in [0, 0.1) is 23.7 Å². The summed E-state index contributed by atoms with van der Waals surface area (Å²) in [6.45, 7) is 3.71. The number of nitrogens with zero attached hydrogens (tertiary/aromatic N) is 3. The Kier molecular flexibility index (Phi) is 4.77. The van der Waals surface area contributed by atoms with E-state index in [-0.39, 0.29) is 29.7 Å². The van der Waals surface area contributed by atoms with Gasteiger partial charge in [0, 0.05) is 38.9 Å². The maximum atomic E-state index is 12.9. The van der Waals surface area contributed by atoms with Crippen molar-refractivity contribution in [3.05, 3.63) is 17.5 Å². The van der Waals surface area contributed by atoms with Crippen molar-refractivity contribution in [2.45, 2.75) is 32.6 Å². The summed E-state index contributed by atoms with van der Waals surface area (Å²) < 4.78 is 25.9. The van der Waals surface area contributed by atoms with Gasteiger partial charge in [-0.15, -0.1) is 0 Å². The van der Waals surface area contributed by atoms with Gasteiger partial charge in [0.15, 0.2) is 0 Å². The fourth-order valence-corrected chi connectivity index (χ4v) is 6.72. The maximum absolute atomic E-state index is 12.9. The van der Waals surface area contributed by atoms with Crippen molar-refractivity contribution in [1.82, 2.24) is 24.7 Å². The van der Waals surface area contributed by atoms with E-state index >= 15 is 0 Å². The van der Waals surface area contributed by atoms with Crippen LogP contribution in [0.1, 0.15) is 41.9 Å². The third kappa shape index (κ3) is 3.16. The first-order valence-electron chi connectivity index (χ1n) is 10.1. The van der Waals surface area contributed by atoms with Crippen molar-refractivity contribution in [2.75, 3.05) is 39.5 Å². The molecule has 2 saturated heterocycles. The average molecular weight is 424 g/mol. The van der Waals surface area contributed by atoms with E-state index in [1.807, 2.05) is 11.8 Å². The number of likely N-dealkylation sites (tertiary alicyclic amines) is 1. The number of nitrogens with one attached hydrogen (secondary N) is 2. The third-order valence-electron chi connectivity index (χ3n) is 7.44. The maximum Gasteiger partial charge on any atom is 0.274 e. The summed E-state index contributed by atoms with van der Waals surface area (Å²) in [6, 6.07) is 1.75. The molecule has 3 fully saturated rings. The summed E-state index contributed by atoms with van der Waals surface area (Å²) in [4.78, 5) is 27.4. The molecule has 3 heterocycles. The van der Waals surface area contributed by atoms with Gasteiger partial charge in [-0.3, -0.25) is 14.7 Å². The second-order valence-corrected chi connectivity index (χ2v) is 10.9. The number of sulfonamides is 1. The van der Waals surface area contributed by atoms with E-state index in [2.05, 4.69) is 15.5 Å². The van der Waals surface area contributed by atoms with Crippen LogP contribution in [-0.4, -0.2) is 79.1 Å². The molecule has 1 spiro atoms. The van der Waals surface area contributed by atoms with Crippen LogP contribution in [0.25, 0.3) is 0 Å². The molecule has 1 saturated carbocycles. The molecule has 2 atom stereocenters. The number of hydrogen-bond donors (Lipinski definition) is 2. The molecule has 2 aliphatic heterocycles. The zero-order valence-electron chi connectivity index (χ0n) is 17.2. The van der Waals surface area contributed by atoms with Crippen LogP contribution in [0.4, 0.5) is 0 Å². The summed E-state index contributed by atoms with van der Waals surface area (Å²) in [6.07, 6.45) is 4.36. The van der Waals surface area contributed by atoms with Gasteiger partial charge in [0.2, 0.25) is 15.9 Å². The van der Waals surface area contributed by atoms with Crippen molar-refractivity contribution < 1.29 is 18.0 Å². The lowest BCUT2D eigenvalue weighted by molar-refractivity contribution is -0.132. The fraction of sp³-hybridized carbons (Fsp3) is 0.737. The molecule has 0 radical (unpaired) electrons. The van der Waals surface area contributed by atoms with Gasteiger partial charge in [0.1, 0.15) is 5.69 Å². The Hall–Kier alpha value is -1.94. The second-order valence-electron chi connectivity index (χ2n) is 8.93. The fourth-order valence-electron chi connectivity index (χ4n) is 5.84. The van der Waals surface area contributed by atoms with E-state index in [1.54, 1.807) is 13.1 Å². The molecule has 1 aromatic rings. The predicted octanol–water partition coefficient (Wildman–Crippen LogP) is 0.358. The molecule has 0 unspecified atom stereocenters. The van der Waals surface area contributed by atoms with Gasteiger partial charge in [-0.2, -0.15) is 5.10 Å². The number of amides is 2. The van der Waals surface area contributed by atoms with Crippen LogP contribution < -0.4 is 5.32 Å². The van der Waals surface area contributed by atoms with E-state index in [9.17, 15) is 18.0 Å². The number of aromatic amines is 1. The Morgan fingerprint density at radius 2 is 1.93 bits per heavy atom. The average Bonchev–Trinajstić information content (AvgIpc) is 3.36. The van der Waals surface area contributed by atoms with Crippen LogP contribution in [0.5, 0.6) is 0 Å². The highest BCUT2D eigenvalue weighted by molar-refractivity contribution is 7.88. The Morgan fingerprint density at radius 3 is 2.48 bits per heavy atom. The topological polar surface area (TPSA) is 115 Å². The molecule has 1 aromatic heterocycles. The SMILES string of the molecule is CNC(=O)[C@]12CCC3(CCN(C(=O)c4cc(C)[nH]n4)CC3)[C@H]1CN(S(C)(=O)=O)C2. The quantitative estimate of drug-likeness (QED) is 0.728. The van der Waals surface area contributed by atoms with Crippen molar-refractivity contribution in [2.24, 2.45) is 16.7 Å². The van der Waals surface area contributed by atoms with E-state index in [0.717, 1.165) is 25.0 Å². The minimum Gasteiger partial charge on any atom is -0.359 e. The molecule has 9 nitrogen and oxygen atoms in total. The molecule has 0 bridgehead atoms. The van der Waals surface area contributed by atoms with Gasteiger partial charge in [-0.05, 0) is 50.0 Å². The van der Waals surface area contributed by atoms with Crippen LogP contribution in [0.2, 0.25) is 0 Å². The van der Waals surface area contributed by atoms with Gasteiger partial charge in [0.05, 0.1) is 11.7 Å². The molecule has 10 heteroatoms. The minimum absolute atomic E-state index is 0.0189. The number of aromatic nitrogens is 2. The third-order valence-corrected chi connectivity index (χ3v) is 8.66. The standard InChI is InChI=1S/C19H29N5O4S/c1-13-10-14(22-21-13)16(25)23-8-6-18(7-9-23)4-5-19(17(26)20-2)12-24(11-15(18)19)29(3,27)28/h10,15H,4-9,11-12H2,1-3H3,(H,20,26)(H,21,22)/t15-,19+/m1/s1. The van der Waals surface area contributed by atoms with Gasteiger partial charge in [-0.1, -0.05) is 0 Å². The van der Waals surface area contributed by atoms with E-state index in [1.165, 1.54) is 10.6 Å². The second kappa shape index (κ2) is 6.80. The Morgan fingerprint density at radius 1 is 1.24 bits per heavy atom. The number of piperidine rings is 1. The molecule has 160 valence electrons. The van der Waals surface area contributed by atoms with E-state index < -0.39 is 15.4 Å². The van der Waals surface area contributed by atoms with Gasteiger partial charge < -0.3 is 10.2 Å². The lowest BCUT2D eigenvalue weighted by atomic mass is 9.65. The molecule has 2 N–H and O–H groups in total. The Balaban J connectivity index is 1.55. The first kappa shape index (κ1) is 20.3. The zero-order chi connectivity index (χ0) is 21.0. The van der Waals surface area contributed by atoms with Crippen molar-refractivity contribution >= 4 is 21.8 Å². The molecule has 0 aromatic carbocycles. The number of carbonyl (C=O) groups excluding carboxylic acids is 2. The number of H-pyrrole nitrogens is 1. The minimum atomic E-state index is -3.36. The van der Waals surface area contributed by atoms with Gasteiger partial charge >= 0.3 is 0 Å². The number of rotatable bonds is 3. The predicted molar refractivity (Wildman–Crippen MR) is 107 cm³/mol. The molecule has 29 heavy (non-hydrogen) atoms. The summed E-state index contributed by atoms with van der Waals surface area (Å²) in [5.74, 6) is -0.158. The van der Waals surface area contributed by atoms with Crippen molar-refractivity contribution in [3.8, 4) is 0 Å². The number of aryl methyl sites for hydroxylation is 1. The highest BCUT2D eigenvalue weighted by Gasteiger charge is 2.65. The zero-order valence-corrected chi connectivity index (χ0v) is 18.0. The molecule has 4 rings (SSSR count). The van der Waals surface area contributed by atoms with Gasteiger partial charge in [-0.25, -0.2) is 12.7 Å². The Bertz CT molecular complexity index is 934. The highest BCUT2D eigenvalue weighted by Crippen LogP contribution is 2.62. The number of carbonyl (C=O) groups is 2. The number of hydrogen-bond acceptors (Lipinski definition) is 5. The summed E-state index contributed by atoms with van der Waals surface area (Å²) in [5, 5.41) is 9.66. The van der Waals surface area contributed by atoms with E-state index in [4.69, 9.17) is 0 Å². The molecular formula is C19H29N5O4S. The molecule has 3 aliphatic rings. The van der Waals surface area contributed by atoms with Gasteiger partial charge in [0.25, 0.3) is 5.91 Å². The summed E-state index contributed by atoms with van der Waals surface area (Å²) in [7, 11) is -1.74. The first-order chi connectivity index (χ1) is 13.6. The monoisotopic (exact) mass is 423 g/mol.